The van der Waals surface area contributed by atoms with E-state index in [1.807, 2.05) is 0 Å². The molecule has 0 radical (unpaired) electrons. The number of nitrogens with two attached hydrogens (primary N) is 1. The van der Waals surface area contributed by atoms with Gasteiger partial charge >= 0.3 is 6.03 Å². The van der Waals surface area contributed by atoms with Crippen LogP contribution in [0.3, 0.4) is 0 Å². The van der Waals surface area contributed by atoms with Crippen molar-refractivity contribution in [3.05, 3.63) is 35.4 Å². The van der Waals surface area contributed by atoms with Gasteiger partial charge in [-0.1, -0.05) is 25.0 Å². The molecule has 24 heavy (non-hydrogen) atoms. The van der Waals surface area contributed by atoms with E-state index in [0.29, 0.717) is 12.1 Å². The van der Waals surface area contributed by atoms with Crippen molar-refractivity contribution in [3.8, 4) is 0 Å². The maximum absolute atomic E-state index is 12.4. The van der Waals surface area contributed by atoms with E-state index in [-0.39, 0.29) is 36.5 Å². The minimum absolute atomic E-state index is 0.0422. The maximum Gasteiger partial charge on any atom is 0.324 e. The molecule has 7 nitrogen and oxygen atoms in total. The molecule has 1 heterocycles. The first-order valence-corrected chi connectivity index (χ1v) is 8.23. The van der Waals surface area contributed by atoms with Gasteiger partial charge < -0.3 is 16.4 Å². The molecule has 4 amide bonds. The molecule has 1 saturated heterocycles. The molecule has 0 unspecified atom stereocenters. The van der Waals surface area contributed by atoms with Crippen LogP contribution in [0.1, 0.15) is 41.6 Å². The number of imide groups is 1. The fraction of sp³-hybridized carbons (Fsp3) is 0.471. The highest BCUT2D eigenvalue weighted by atomic mass is 16.2. The predicted octanol–water partition coefficient (Wildman–Crippen LogP) is 0.740. The lowest BCUT2D eigenvalue weighted by Gasteiger charge is -2.28. The zero-order chi connectivity index (χ0) is 17.2. The normalized spacial score (nSPS) is 19.5. The number of rotatable bonds is 5. The summed E-state index contributed by atoms with van der Waals surface area (Å²) in [6, 6.07) is 6.56. The number of benzene rings is 1. The van der Waals surface area contributed by atoms with Crippen molar-refractivity contribution in [1.82, 2.24) is 15.5 Å². The van der Waals surface area contributed by atoms with Crippen molar-refractivity contribution in [2.24, 2.45) is 5.73 Å². The average Bonchev–Trinajstić information content (AvgIpc) is 3.18. The molecular formula is C17H22N4O3. The maximum atomic E-state index is 12.4. The second-order valence-corrected chi connectivity index (χ2v) is 6.48. The second kappa shape index (κ2) is 6.60. The van der Waals surface area contributed by atoms with E-state index in [1.54, 1.807) is 24.3 Å². The van der Waals surface area contributed by atoms with Crippen molar-refractivity contribution in [2.45, 2.75) is 37.8 Å². The number of amides is 4. The van der Waals surface area contributed by atoms with E-state index < -0.39 is 0 Å². The van der Waals surface area contributed by atoms with Gasteiger partial charge in [-0.2, -0.15) is 0 Å². The highest BCUT2D eigenvalue weighted by molar-refractivity contribution is 6.01. The Labute approximate surface area is 140 Å². The molecule has 1 aromatic rings. The minimum atomic E-state index is -0.382. The van der Waals surface area contributed by atoms with Gasteiger partial charge in [-0.25, -0.2) is 4.79 Å². The van der Waals surface area contributed by atoms with Crippen LogP contribution in [0.15, 0.2) is 24.3 Å². The minimum Gasteiger partial charge on any atom is -0.345 e. The highest BCUT2D eigenvalue weighted by Crippen LogP contribution is 2.29. The first kappa shape index (κ1) is 16.4. The summed E-state index contributed by atoms with van der Waals surface area (Å²) in [5.74, 6) is -0.378. The molecule has 2 aliphatic rings. The summed E-state index contributed by atoms with van der Waals surface area (Å²) in [6.07, 6.45) is 4.00. The zero-order valence-electron chi connectivity index (χ0n) is 13.5. The van der Waals surface area contributed by atoms with E-state index in [0.717, 1.165) is 36.1 Å². The lowest BCUT2D eigenvalue weighted by Crippen LogP contribution is -2.51. The second-order valence-electron chi connectivity index (χ2n) is 6.48. The quantitative estimate of drug-likeness (QED) is 0.693. The van der Waals surface area contributed by atoms with Crippen molar-refractivity contribution in [3.63, 3.8) is 0 Å². The molecule has 1 aliphatic carbocycles. The fourth-order valence-electron chi connectivity index (χ4n) is 3.30. The first-order chi connectivity index (χ1) is 11.5. The number of carbonyl (C=O) groups excluding carboxylic acids is 3. The Morgan fingerprint density at radius 3 is 2.42 bits per heavy atom. The standard InChI is InChI=1S/C17H22N4O3/c18-11-17(7-1-2-8-17)20-15(23)13-5-3-12(4-6-13)10-21-14(22)9-19-16(21)24/h3-6H,1-2,7-11,18H2,(H,19,24)(H,20,23). The van der Waals surface area contributed by atoms with Crippen LogP contribution in [-0.4, -0.2) is 41.4 Å². The third kappa shape index (κ3) is 3.26. The summed E-state index contributed by atoms with van der Waals surface area (Å²) >= 11 is 0. The molecule has 0 aromatic heterocycles. The Hall–Kier alpha value is -2.41. The van der Waals surface area contributed by atoms with Crippen LogP contribution in [0.25, 0.3) is 0 Å². The molecule has 2 fully saturated rings. The third-order valence-electron chi connectivity index (χ3n) is 4.82. The molecular weight excluding hydrogens is 308 g/mol. The van der Waals surface area contributed by atoms with Crippen LogP contribution < -0.4 is 16.4 Å². The zero-order valence-corrected chi connectivity index (χ0v) is 13.5. The smallest absolute Gasteiger partial charge is 0.324 e. The van der Waals surface area contributed by atoms with E-state index in [9.17, 15) is 14.4 Å². The van der Waals surface area contributed by atoms with Gasteiger partial charge in [-0.05, 0) is 30.5 Å². The van der Waals surface area contributed by atoms with Gasteiger partial charge in [0.1, 0.15) is 0 Å². The molecule has 3 rings (SSSR count). The number of urea groups is 1. The summed E-state index contributed by atoms with van der Waals surface area (Å²) in [4.78, 5) is 36.7. The molecule has 4 N–H and O–H groups in total. The number of hydrogen-bond acceptors (Lipinski definition) is 4. The Balaban J connectivity index is 1.64. The SMILES string of the molecule is NCC1(NC(=O)c2ccc(CN3C(=O)CNC3=O)cc2)CCCC1. The van der Waals surface area contributed by atoms with Crippen molar-refractivity contribution < 1.29 is 14.4 Å². The van der Waals surface area contributed by atoms with Crippen LogP contribution in [0.2, 0.25) is 0 Å². The predicted molar refractivity (Wildman–Crippen MR) is 88.1 cm³/mol. The summed E-state index contributed by atoms with van der Waals surface area (Å²) < 4.78 is 0. The Kier molecular flexibility index (Phi) is 4.53. The summed E-state index contributed by atoms with van der Waals surface area (Å²) in [7, 11) is 0. The molecule has 1 aromatic carbocycles. The monoisotopic (exact) mass is 330 g/mol. The van der Waals surface area contributed by atoms with Gasteiger partial charge in [0.15, 0.2) is 0 Å². The van der Waals surface area contributed by atoms with Gasteiger partial charge in [0.2, 0.25) is 5.91 Å². The average molecular weight is 330 g/mol. The number of nitrogens with one attached hydrogen (secondary N) is 2. The third-order valence-corrected chi connectivity index (χ3v) is 4.82. The molecule has 0 spiro atoms. The van der Waals surface area contributed by atoms with Crippen LogP contribution in [0.4, 0.5) is 4.79 Å². The van der Waals surface area contributed by atoms with Crippen LogP contribution in [-0.2, 0) is 11.3 Å². The van der Waals surface area contributed by atoms with Crippen LogP contribution >= 0.6 is 0 Å². The van der Waals surface area contributed by atoms with E-state index >= 15 is 0 Å². The Morgan fingerprint density at radius 2 is 1.88 bits per heavy atom. The largest absolute Gasteiger partial charge is 0.345 e. The van der Waals surface area contributed by atoms with Gasteiger partial charge in [-0.3, -0.25) is 14.5 Å². The lowest BCUT2D eigenvalue weighted by atomic mass is 9.97. The van der Waals surface area contributed by atoms with Crippen LogP contribution in [0.5, 0.6) is 0 Å². The number of carbonyl (C=O) groups is 3. The highest BCUT2D eigenvalue weighted by Gasteiger charge is 2.34. The summed E-state index contributed by atoms with van der Waals surface area (Å²) in [5.41, 5.74) is 6.91. The van der Waals surface area contributed by atoms with E-state index in [1.165, 1.54) is 0 Å². The molecule has 7 heteroatoms. The lowest BCUT2D eigenvalue weighted by molar-refractivity contribution is -0.125. The summed E-state index contributed by atoms with van der Waals surface area (Å²) in [5, 5.41) is 5.55. The molecule has 1 saturated carbocycles. The fourth-order valence-corrected chi connectivity index (χ4v) is 3.30. The molecule has 128 valence electrons. The van der Waals surface area contributed by atoms with E-state index in [2.05, 4.69) is 10.6 Å². The van der Waals surface area contributed by atoms with E-state index in [4.69, 9.17) is 5.73 Å². The van der Waals surface area contributed by atoms with Crippen molar-refractivity contribution in [1.29, 1.82) is 0 Å². The first-order valence-electron chi connectivity index (χ1n) is 8.23. The number of nitrogens with zero attached hydrogens (tertiary/aromatic N) is 1. The number of hydrogen-bond donors (Lipinski definition) is 3. The Morgan fingerprint density at radius 1 is 1.21 bits per heavy atom. The Bertz CT molecular complexity index is 634. The van der Waals surface area contributed by atoms with Crippen molar-refractivity contribution in [2.75, 3.05) is 13.1 Å². The van der Waals surface area contributed by atoms with Crippen LogP contribution in [0, 0.1) is 0 Å². The summed E-state index contributed by atoms with van der Waals surface area (Å²) in [6.45, 7) is 0.697. The molecule has 1 aliphatic heterocycles. The van der Waals surface area contributed by atoms with Gasteiger partial charge in [-0.15, -0.1) is 0 Å². The molecule has 0 atom stereocenters. The molecule has 0 bridgehead atoms. The van der Waals surface area contributed by atoms with Gasteiger partial charge in [0, 0.05) is 12.1 Å². The topological polar surface area (TPSA) is 105 Å². The van der Waals surface area contributed by atoms with Crippen molar-refractivity contribution >= 4 is 17.8 Å². The van der Waals surface area contributed by atoms with Gasteiger partial charge in [0.05, 0.1) is 18.6 Å². The van der Waals surface area contributed by atoms with Gasteiger partial charge in [0.25, 0.3) is 5.91 Å².